The van der Waals surface area contributed by atoms with Gasteiger partial charge in [0.2, 0.25) is 5.91 Å². The lowest BCUT2D eigenvalue weighted by atomic mass is 9.97. The first-order valence-electron chi connectivity index (χ1n) is 8.60. The van der Waals surface area contributed by atoms with Crippen LogP contribution in [0, 0.1) is 5.92 Å². The quantitative estimate of drug-likeness (QED) is 0.670. The molecule has 0 saturated carbocycles. The molecule has 21 heavy (non-hydrogen) atoms. The van der Waals surface area contributed by atoms with Gasteiger partial charge in [0, 0.05) is 13.1 Å². The van der Waals surface area contributed by atoms with Gasteiger partial charge in [-0.3, -0.25) is 4.79 Å². The fraction of sp³-hybridized carbons (Fsp3) is 0.938. The van der Waals surface area contributed by atoms with Crippen molar-refractivity contribution < 1.29 is 4.79 Å². The molecule has 5 heteroatoms. The topological polar surface area (TPSA) is 44.4 Å². The van der Waals surface area contributed by atoms with Crippen molar-refractivity contribution in [3.8, 4) is 0 Å². The highest BCUT2D eigenvalue weighted by Gasteiger charge is 2.24. The van der Waals surface area contributed by atoms with Crippen molar-refractivity contribution in [2.45, 2.75) is 45.1 Å². The second-order valence-corrected chi connectivity index (χ2v) is 7.65. The molecule has 2 aliphatic rings. The minimum absolute atomic E-state index is 0.0655. The molecule has 2 heterocycles. The van der Waals surface area contributed by atoms with Gasteiger partial charge in [-0.25, -0.2) is 0 Å². The lowest BCUT2D eigenvalue weighted by molar-refractivity contribution is -0.123. The molecule has 0 spiro atoms. The zero-order valence-corrected chi connectivity index (χ0v) is 14.2. The van der Waals surface area contributed by atoms with Gasteiger partial charge in [0.25, 0.3) is 0 Å². The number of hydrogen-bond donors (Lipinski definition) is 2. The van der Waals surface area contributed by atoms with Crippen molar-refractivity contribution in [1.29, 1.82) is 0 Å². The van der Waals surface area contributed by atoms with E-state index in [2.05, 4.69) is 22.5 Å². The summed E-state index contributed by atoms with van der Waals surface area (Å²) in [5.41, 5.74) is 0. The lowest BCUT2D eigenvalue weighted by Crippen LogP contribution is -2.45. The number of likely N-dealkylation sites (tertiary alicyclic amines) is 1. The Morgan fingerprint density at radius 2 is 2.29 bits per heavy atom. The van der Waals surface area contributed by atoms with Crippen LogP contribution < -0.4 is 10.6 Å². The van der Waals surface area contributed by atoms with Crippen LogP contribution in [-0.2, 0) is 4.79 Å². The highest BCUT2D eigenvalue weighted by atomic mass is 32.2. The van der Waals surface area contributed by atoms with Gasteiger partial charge < -0.3 is 15.5 Å². The van der Waals surface area contributed by atoms with Crippen LogP contribution in [0.5, 0.6) is 0 Å². The molecule has 4 nitrogen and oxygen atoms in total. The van der Waals surface area contributed by atoms with E-state index in [1.165, 1.54) is 43.9 Å². The van der Waals surface area contributed by atoms with E-state index in [1.54, 1.807) is 0 Å². The van der Waals surface area contributed by atoms with Crippen LogP contribution >= 0.6 is 11.8 Å². The molecule has 2 N–H and O–H groups in total. The summed E-state index contributed by atoms with van der Waals surface area (Å²) < 4.78 is 0. The molecule has 2 saturated heterocycles. The first kappa shape index (κ1) is 17.1. The van der Waals surface area contributed by atoms with Gasteiger partial charge in [-0.2, -0.15) is 11.8 Å². The molecule has 0 aromatic carbocycles. The standard InChI is InChI=1S/C16H31N3OS/c1-2-21-11-5-10-19-9-4-6-14(13-19)12-18-16(20)15-7-3-8-17-15/h14-15,17H,2-13H2,1H3,(H,18,20). The molecule has 0 bridgehead atoms. The van der Waals surface area contributed by atoms with E-state index < -0.39 is 0 Å². The monoisotopic (exact) mass is 313 g/mol. The molecule has 2 atom stereocenters. The highest BCUT2D eigenvalue weighted by Crippen LogP contribution is 2.16. The molecule has 0 aromatic rings. The Balaban J connectivity index is 1.60. The summed E-state index contributed by atoms with van der Waals surface area (Å²) in [4.78, 5) is 14.6. The fourth-order valence-corrected chi connectivity index (χ4v) is 3.95. The van der Waals surface area contributed by atoms with E-state index >= 15 is 0 Å². The van der Waals surface area contributed by atoms with Gasteiger partial charge in [-0.15, -0.1) is 0 Å². The normalized spacial score (nSPS) is 26.9. The summed E-state index contributed by atoms with van der Waals surface area (Å²) in [6, 6.07) is 0.0655. The summed E-state index contributed by atoms with van der Waals surface area (Å²) in [5.74, 6) is 3.36. The van der Waals surface area contributed by atoms with Gasteiger partial charge in [0.1, 0.15) is 0 Å². The molecular weight excluding hydrogens is 282 g/mol. The lowest BCUT2D eigenvalue weighted by Gasteiger charge is -2.33. The van der Waals surface area contributed by atoms with Gasteiger partial charge in [0.05, 0.1) is 6.04 Å². The van der Waals surface area contributed by atoms with Crippen LogP contribution in [0.15, 0.2) is 0 Å². The Morgan fingerprint density at radius 1 is 1.38 bits per heavy atom. The van der Waals surface area contributed by atoms with Crippen LogP contribution in [0.1, 0.15) is 39.0 Å². The van der Waals surface area contributed by atoms with E-state index in [9.17, 15) is 4.79 Å². The zero-order chi connectivity index (χ0) is 14.9. The predicted octanol–water partition coefficient (Wildman–Crippen LogP) is 1.71. The van der Waals surface area contributed by atoms with Gasteiger partial charge in [0.15, 0.2) is 0 Å². The number of amides is 1. The number of carbonyl (C=O) groups is 1. The minimum Gasteiger partial charge on any atom is -0.354 e. The van der Waals surface area contributed by atoms with E-state index in [0.717, 1.165) is 32.5 Å². The third kappa shape index (κ3) is 6.17. The summed E-state index contributed by atoms with van der Waals surface area (Å²) in [7, 11) is 0. The van der Waals surface area contributed by atoms with Crippen molar-refractivity contribution in [1.82, 2.24) is 15.5 Å². The average Bonchev–Trinajstić information content (AvgIpc) is 3.04. The Bertz CT molecular complexity index is 308. The molecule has 2 fully saturated rings. The molecule has 2 rings (SSSR count). The third-order valence-electron chi connectivity index (χ3n) is 4.51. The molecule has 0 radical (unpaired) electrons. The van der Waals surface area contributed by atoms with E-state index in [-0.39, 0.29) is 11.9 Å². The van der Waals surface area contributed by atoms with E-state index in [1.807, 2.05) is 11.8 Å². The van der Waals surface area contributed by atoms with E-state index in [4.69, 9.17) is 0 Å². The van der Waals surface area contributed by atoms with Crippen molar-refractivity contribution >= 4 is 17.7 Å². The summed E-state index contributed by atoms with van der Waals surface area (Å²) in [6.07, 6.45) is 5.97. The van der Waals surface area contributed by atoms with Gasteiger partial charge in [-0.05, 0) is 69.2 Å². The molecule has 2 aliphatic heterocycles. The first-order valence-corrected chi connectivity index (χ1v) is 9.76. The predicted molar refractivity (Wildman–Crippen MR) is 90.8 cm³/mol. The number of piperidine rings is 1. The molecule has 0 aliphatic carbocycles. The number of carbonyl (C=O) groups excluding carboxylic acids is 1. The maximum absolute atomic E-state index is 12.0. The third-order valence-corrected chi connectivity index (χ3v) is 5.50. The number of thioether (sulfide) groups is 1. The molecule has 122 valence electrons. The number of rotatable bonds is 8. The minimum atomic E-state index is 0.0655. The molecule has 1 amide bonds. The average molecular weight is 314 g/mol. The maximum Gasteiger partial charge on any atom is 0.237 e. The van der Waals surface area contributed by atoms with Crippen LogP contribution in [0.2, 0.25) is 0 Å². The van der Waals surface area contributed by atoms with Crippen LogP contribution in [0.4, 0.5) is 0 Å². The van der Waals surface area contributed by atoms with Crippen LogP contribution in [0.25, 0.3) is 0 Å². The zero-order valence-electron chi connectivity index (χ0n) is 13.4. The Morgan fingerprint density at radius 3 is 3.05 bits per heavy atom. The first-order chi connectivity index (χ1) is 10.3. The maximum atomic E-state index is 12.0. The Labute approximate surface area is 133 Å². The van der Waals surface area contributed by atoms with Crippen LogP contribution in [0.3, 0.4) is 0 Å². The second-order valence-electron chi connectivity index (χ2n) is 6.25. The van der Waals surface area contributed by atoms with Gasteiger partial charge >= 0.3 is 0 Å². The fourth-order valence-electron chi connectivity index (χ4n) is 3.33. The number of nitrogens with zero attached hydrogens (tertiary/aromatic N) is 1. The van der Waals surface area contributed by atoms with E-state index in [0.29, 0.717) is 5.92 Å². The van der Waals surface area contributed by atoms with Crippen molar-refractivity contribution in [2.75, 3.05) is 44.2 Å². The van der Waals surface area contributed by atoms with Gasteiger partial charge in [-0.1, -0.05) is 6.92 Å². The Hall–Kier alpha value is -0.260. The van der Waals surface area contributed by atoms with Crippen molar-refractivity contribution in [3.63, 3.8) is 0 Å². The van der Waals surface area contributed by atoms with Crippen molar-refractivity contribution in [3.05, 3.63) is 0 Å². The number of hydrogen-bond acceptors (Lipinski definition) is 4. The molecular formula is C16H31N3OS. The largest absolute Gasteiger partial charge is 0.354 e. The van der Waals surface area contributed by atoms with Crippen molar-refractivity contribution in [2.24, 2.45) is 5.92 Å². The Kier molecular flexibility index (Phi) is 7.89. The summed E-state index contributed by atoms with van der Waals surface area (Å²) in [6.45, 7) is 7.70. The van der Waals surface area contributed by atoms with Crippen LogP contribution in [-0.4, -0.2) is 61.1 Å². The number of nitrogens with one attached hydrogen (secondary N) is 2. The summed E-state index contributed by atoms with van der Waals surface area (Å²) in [5, 5.41) is 6.43. The molecule has 2 unspecified atom stereocenters. The second kappa shape index (κ2) is 9.70. The highest BCUT2D eigenvalue weighted by molar-refractivity contribution is 7.99. The smallest absolute Gasteiger partial charge is 0.237 e. The summed E-state index contributed by atoms with van der Waals surface area (Å²) >= 11 is 2.04. The molecule has 0 aromatic heterocycles. The SMILES string of the molecule is CCSCCCN1CCCC(CNC(=O)C2CCCN2)C1.